The molecule has 0 saturated carbocycles. The maximum absolute atomic E-state index is 5.86. The Bertz CT molecular complexity index is 816. The van der Waals surface area contributed by atoms with Crippen molar-refractivity contribution in [3.8, 4) is 24.7 Å². The molecular weight excluding hydrogens is 288 g/mol. The minimum Gasteiger partial charge on any atom is -0.119 e. The first-order valence-corrected chi connectivity index (χ1v) is 8.04. The summed E-state index contributed by atoms with van der Waals surface area (Å²) < 4.78 is 0. The molecule has 0 bridgehead atoms. The smallest absolute Gasteiger partial charge is 0.0708 e. The van der Waals surface area contributed by atoms with Crippen molar-refractivity contribution in [1.82, 2.24) is 0 Å². The van der Waals surface area contributed by atoms with Gasteiger partial charge in [-0.25, -0.2) is 0 Å². The minimum atomic E-state index is -0.128. The van der Waals surface area contributed by atoms with Crippen LogP contribution in [0.1, 0.15) is 36.8 Å². The predicted octanol–water partition coefficient (Wildman–Crippen LogP) is 5.72. The van der Waals surface area contributed by atoms with Gasteiger partial charge in [-0.15, -0.1) is 12.8 Å². The standard InChI is InChI=1S/C24H22/c1-6-19(7-2)18(5)21-14-12-15-22(17-21)23(9-4)24-16-11-10-13-20(24)8-3/h3-4,6-7,10-11,13,15-17,23H,1-2,12,14H2,5H3. The van der Waals surface area contributed by atoms with Crippen molar-refractivity contribution in [2.24, 2.45) is 0 Å². The lowest BCUT2D eigenvalue weighted by Crippen LogP contribution is -2.05. The van der Waals surface area contributed by atoms with Crippen molar-refractivity contribution >= 4 is 0 Å². The van der Waals surface area contributed by atoms with E-state index in [-0.39, 0.29) is 5.92 Å². The van der Waals surface area contributed by atoms with Crippen LogP contribution in [-0.4, -0.2) is 0 Å². The van der Waals surface area contributed by atoms with Crippen LogP contribution in [0.5, 0.6) is 0 Å². The van der Waals surface area contributed by atoms with Crippen LogP contribution in [0.4, 0.5) is 0 Å². The van der Waals surface area contributed by atoms with Gasteiger partial charge in [-0.05, 0) is 53.7 Å². The molecule has 118 valence electrons. The Morgan fingerprint density at radius 2 is 1.92 bits per heavy atom. The quantitative estimate of drug-likeness (QED) is 0.482. The Kier molecular flexibility index (Phi) is 5.83. The minimum absolute atomic E-state index is 0.128. The molecule has 0 aliphatic heterocycles. The van der Waals surface area contributed by atoms with Crippen LogP contribution in [0.15, 0.2) is 84.0 Å². The highest BCUT2D eigenvalue weighted by atomic mass is 14.2. The zero-order valence-corrected chi connectivity index (χ0v) is 14.2. The molecule has 1 aliphatic carbocycles. The van der Waals surface area contributed by atoms with Gasteiger partial charge >= 0.3 is 0 Å². The Hall–Kier alpha value is -2.96. The summed E-state index contributed by atoms with van der Waals surface area (Å²) in [6, 6.07) is 7.87. The SMILES string of the molecule is C#Cc1ccccc1C(C#C)C1=CCCC(C(C)=C(C=C)C=C)=C1. The summed E-state index contributed by atoms with van der Waals surface area (Å²) in [5, 5.41) is 0. The molecule has 0 heteroatoms. The lowest BCUT2D eigenvalue weighted by atomic mass is 9.82. The molecule has 0 saturated heterocycles. The van der Waals surface area contributed by atoms with Gasteiger partial charge in [-0.1, -0.05) is 67.5 Å². The molecule has 0 radical (unpaired) electrons. The van der Waals surface area contributed by atoms with E-state index in [0.717, 1.165) is 35.1 Å². The highest BCUT2D eigenvalue weighted by molar-refractivity contribution is 5.54. The lowest BCUT2D eigenvalue weighted by Gasteiger charge is -2.21. The summed E-state index contributed by atoms with van der Waals surface area (Å²) in [6.45, 7) is 9.83. The summed E-state index contributed by atoms with van der Waals surface area (Å²) >= 11 is 0. The maximum Gasteiger partial charge on any atom is 0.0708 e. The summed E-state index contributed by atoms with van der Waals surface area (Å²) in [6.07, 6.45) is 21.6. The normalized spacial score (nSPS) is 14.3. The first kappa shape index (κ1) is 17.4. The number of allylic oxidation sites excluding steroid dienone is 8. The fourth-order valence-electron chi connectivity index (χ4n) is 3.04. The van der Waals surface area contributed by atoms with Crippen LogP contribution in [0.25, 0.3) is 0 Å². The van der Waals surface area contributed by atoms with Crippen molar-refractivity contribution in [2.75, 3.05) is 0 Å². The Morgan fingerprint density at radius 1 is 1.21 bits per heavy atom. The highest BCUT2D eigenvalue weighted by Crippen LogP contribution is 2.34. The molecule has 0 amide bonds. The first-order valence-electron chi connectivity index (χ1n) is 8.04. The lowest BCUT2D eigenvalue weighted by molar-refractivity contribution is 0.914. The molecule has 0 nitrogen and oxygen atoms in total. The number of hydrogen-bond donors (Lipinski definition) is 0. The molecule has 1 aliphatic rings. The summed E-state index contributed by atoms with van der Waals surface area (Å²) in [7, 11) is 0. The van der Waals surface area contributed by atoms with Crippen LogP contribution in [0, 0.1) is 24.7 Å². The number of terminal acetylenes is 2. The second kappa shape index (κ2) is 8.05. The molecule has 0 spiro atoms. The molecule has 1 aromatic carbocycles. The average Bonchev–Trinajstić information content (AvgIpc) is 2.64. The van der Waals surface area contributed by atoms with Gasteiger partial charge in [0.15, 0.2) is 0 Å². The first-order chi connectivity index (χ1) is 11.7. The predicted molar refractivity (Wildman–Crippen MR) is 104 cm³/mol. The zero-order chi connectivity index (χ0) is 17.5. The summed E-state index contributed by atoms with van der Waals surface area (Å²) in [4.78, 5) is 0. The topological polar surface area (TPSA) is 0 Å². The Morgan fingerprint density at radius 3 is 2.54 bits per heavy atom. The van der Waals surface area contributed by atoms with Crippen LogP contribution >= 0.6 is 0 Å². The van der Waals surface area contributed by atoms with Gasteiger partial charge < -0.3 is 0 Å². The third-order valence-corrected chi connectivity index (χ3v) is 4.42. The molecule has 0 aromatic heterocycles. The fourth-order valence-corrected chi connectivity index (χ4v) is 3.04. The van der Waals surface area contributed by atoms with Gasteiger partial charge in [0.25, 0.3) is 0 Å². The van der Waals surface area contributed by atoms with E-state index in [4.69, 9.17) is 12.8 Å². The van der Waals surface area contributed by atoms with E-state index in [2.05, 4.69) is 44.1 Å². The van der Waals surface area contributed by atoms with E-state index in [1.54, 1.807) is 0 Å². The zero-order valence-electron chi connectivity index (χ0n) is 14.2. The van der Waals surface area contributed by atoms with E-state index >= 15 is 0 Å². The number of rotatable bonds is 5. The van der Waals surface area contributed by atoms with Gasteiger partial charge in [0.1, 0.15) is 0 Å². The van der Waals surface area contributed by atoms with Crippen LogP contribution in [0.2, 0.25) is 0 Å². The molecule has 2 rings (SSSR count). The van der Waals surface area contributed by atoms with Gasteiger partial charge in [-0.2, -0.15) is 0 Å². The van der Waals surface area contributed by atoms with Crippen molar-refractivity contribution in [3.63, 3.8) is 0 Å². The van der Waals surface area contributed by atoms with Gasteiger partial charge in [-0.3, -0.25) is 0 Å². The monoisotopic (exact) mass is 310 g/mol. The van der Waals surface area contributed by atoms with E-state index in [0.29, 0.717) is 0 Å². The van der Waals surface area contributed by atoms with E-state index in [9.17, 15) is 0 Å². The molecule has 0 fully saturated rings. The summed E-state index contributed by atoms with van der Waals surface area (Å²) in [5.74, 6) is 5.53. The van der Waals surface area contributed by atoms with Crippen LogP contribution in [0.3, 0.4) is 0 Å². The van der Waals surface area contributed by atoms with Crippen molar-refractivity contribution in [2.45, 2.75) is 25.7 Å². The second-order valence-electron chi connectivity index (χ2n) is 5.73. The van der Waals surface area contributed by atoms with Gasteiger partial charge in [0, 0.05) is 5.56 Å². The van der Waals surface area contributed by atoms with Gasteiger partial charge in [0.2, 0.25) is 0 Å². The van der Waals surface area contributed by atoms with Crippen LogP contribution in [-0.2, 0) is 0 Å². The van der Waals surface area contributed by atoms with Crippen molar-refractivity contribution in [1.29, 1.82) is 0 Å². The number of benzene rings is 1. The molecule has 1 aromatic rings. The summed E-state index contributed by atoms with van der Waals surface area (Å²) in [5.41, 5.74) is 6.54. The molecule has 0 N–H and O–H groups in total. The molecule has 0 heterocycles. The molecule has 1 unspecified atom stereocenters. The Labute approximate surface area is 146 Å². The highest BCUT2D eigenvalue weighted by Gasteiger charge is 2.19. The molecule has 24 heavy (non-hydrogen) atoms. The van der Waals surface area contributed by atoms with Gasteiger partial charge in [0.05, 0.1) is 5.92 Å². The second-order valence-corrected chi connectivity index (χ2v) is 5.73. The van der Waals surface area contributed by atoms with E-state index in [1.807, 2.05) is 36.4 Å². The third-order valence-electron chi connectivity index (χ3n) is 4.42. The largest absolute Gasteiger partial charge is 0.119 e. The third kappa shape index (κ3) is 3.51. The van der Waals surface area contributed by atoms with E-state index < -0.39 is 0 Å². The van der Waals surface area contributed by atoms with Crippen molar-refractivity contribution in [3.05, 3.63) is 95.1 Å². The van der Waals surface area contributed by atoms with E-state index in [1.165, 1.54) is 11.1 Å². The Balaban J connectivity index is 2.48. The van der Waals surface area contributed by atoms with Crippen molar-refractivity contribution < 1.29 is 0 Å². The molecule has 1 atom stereocenters. The van der Waals surface area contributed by atoms with Crippen LogP contribution < -0.4 is 0 Å². The molecular formula is C24H22. The fraction of sp³-hybridized carbons (Fsp3) is 0.167. The maximum atomic E-state index is 5.86. The number of hydrogen-bond acceptors (Lipinski definition) is 0. The average molecular weight is 310 g/mol.